The van der Waals surface area contributed by atoms with Gasteiger partial charge in [-0.1, -0.05) is 12.1 Å². The summed E-state index contributed by atoms with van der Waals surface area (Å²) in [5.41, 5.74) is 0. The molecule has 7 nitrogen and oxygen atoms in total. The van der Waals surface area contributed by atoms with E-state index < -0.39 is 0 Å². The summed E-state index contributed by atoms with van der Waals surface area (Å²) in [6.45, 7) is 7.02. The van der Waals surface area contributed by atoms with E-state index in [0.717, 1.165) is 37.8 Å². The Hall–Kier alpha value is -1.99. The van der Waals surface area contributed by atoms with Gasteiger partial charge in [0.1, 0.15) is 6.61 Å². The molecule has 1 aromatic carbocycles. The van der Waals surface area contributed by atoms with Gasteiger partial charge in [0.25, 0.3) is 0 Å². The fourth-order valence-corrected chi connectivity index (χ4v) is 3.06. The van der Waals surface area contributed by atoms with Gasteiger partial charge in [-0.3, -0.25) is 4.90 Å². The highest BCUT2D eigenvalue weighted by Gasteiger charge is 2.24. The topological polar surface area (TPSA) is 63.3 Å². The SMILES string of the molecule is CC(CNC(=O)N(C)CC1COc2ccccc2O1)N1CCOCC1. The van der Waals surface area contributed by atoms with Gasteiger partial charge >= 0.3 is 6.03 Å². The van der Waals surface area contributed by atoms with Crippen molar-refractivity contribution in [3.8, 4) is 11.5 Å². The monoisotopic (exact) mass is 349 g/mol. The van der Waals surface area contributed by atoms with Crippen LogP contribution in [0.3, 0.4) is 0 Å². The maximum absolute atomic E-state index is 12.3. The van der Waals surface area contributed by atoms with Gasteiger partial charge in [-0.25, -0.2) is 4.79 Å². The number of likely N-dealkylation sites (N-methyl/N-ethyl adjacent to an activating group) is 1. The minimum Gasteiger partial charge on any atom is -0.486 e. The third-order valence-electron chi connectivity index (χ3n) is 4.61. The molecular formula is C18H27N3O4. The highest BCUT2D eigenvalue weighted by Crippen LogP contribution is 2.30. The molecule has 2 heterocycles. The van der Waals surface area contributed by atoms with Crippen molar-refractivity contribution in [2.75, 3.05) is 53.0 Å². The Morgan fingerprint density at radius 2 is 2.04 bits per heavy atom. The van der Waals surface area contributed by atoms with Crippen LogP contribution in [0.25, 0.3) is 0 Å². The summed E-state index contributed by atoms with van der Waals surface area (Å²) in [5.74, 6) is 1.48. The molecule has 0 aromatic heterocycles. The molecule has 0 spiro atoms. The lowest BCUT2D eigenvalue weighted by Crippen LogP contribution is -2.50. The first-order valence-corrected chi connectivity index (χ1v) is 8.82. The summed E-state index contributed by atoms with van der Waals surface area (Å²) in [6, 6.07) is 7.79. The Morgan fingerprint density at radius 3 is 2.80 bits per heavy atom. The number of fused-ring (bicyclic) bond motifs is 1. The number of urea groups is 1. The largest absolute Gasteiger partial charge is 0.486 e. The molecule has 138 valence electrons. The highest BCUT2D eigenvalue weighted by atomic mass is 16.6. The van der Waals surface area contributed by atoms with E-state index in [1.165, 1.54) is 0 Å². The lowest BCUT2D eigenvalue weighted by Gasteiger charge is -2.33. The quantitative estimate of drug-likeness (QED) is 0.865. The van der Waals surface area contributed by atoms with Gasteiger partial charge in [-0.15, -0.1) is 0 Å². The fraction of sp³-hybridized carbons (Fsp3) is 0.611. The number of para-hydroxylation sites is 2. The lowest BCUT2D eigenvalue weighted by molar-refractivity contribution is 0.0205. The van der Waals surface area contributed by atoms with Gasteiger partial charge in [0.05, 0.1) is 19.8 Å². The van der Waals surface area contributed by atoms with E-state index in [1.54, 1.807) is 11.9 Å². The number of benzene rings is 1. The van der Waals surface area contributed by atoms with Crippen LogP contribution in [0.2, 0.25) is 0 Å². The highest BCUT2D eigenvalue weighted by molar-refractivity contribution is 5.73. The second kappa shape index (κ2) is 8.40. The van der Waals surface area contributed by atoms with Crippen LogP contribution in [0.1, 0.15) is 6.92 Å². The van der Waals surface area contributed by atoms with Gasteiger partial charge in [-0.2, -0.15) is 0 Å². The Bertz CT molecular complexity index is 577. The third kappa shape index (κ3) is 4.76. The van der Waals surface area contributed by atoms with Crippen molar-refractivity contribution in [3.05, 3.63) is 24.3 Å². The third-order valence-corrected chi connectivity index (χ3v) is 4.61. The van der Waals surface area contributed by atoms with Crippen LogP contribution in [-0.2, 0) is 4.74 Å². The van der Waals surface area contributed by atoms with Gasteiger partial charge in [0, 0.05) is 32.7 Å². The second-order valence-electron chi connectivity index (χ2n) is 6.56. The number of hydrogen-bond donors (Lipinski definition) is 1. The molecule has 0 aliphatic carbocycles. The number of nitrogens with zero attached hydrogens (tertiary/aromatic N) is 2. The molecule has 2 aliphatic heterocycles. The van der Waals surface area contributed by atoms with Crippen molar-refractivity contribution in [1.82, 2.24) is 15.1 Å². The molecule has 2 atom stereocenters. The van der Waals surface area contributed by atoms with E-state index in [4.69, 9.17) is 14.2 Å². The molecule has 2 amide bonds. The number of carbonyl (C=O) groups excluding carboxylic acids is 1. The summed E-state index contributed by atoms with van der Waals surface area (Å²) in [4.78, 5) is 16.3. The summed E-state index contributed by atoms with van der Waals surface area (Å²) < 4.78 is 17.0. The van der Waals surface area contributed by atoms with Crippen LogP contribution in [0.5, 0.6) is 11.5 Å². The Morgan fingerprint density at radius 1 is 1.32 bits per heavy atom. The zero-order valence-corrected chi connectivity index (χ0v) is 14.9. The first kappa shape index (κ1) is 17.8. The maximum Gasteiger partial charge on any atom is 0.317 e. The molecular weight excluding hydrogens is 322 g/mol. The van der Waals surface area contributed by atoms with E-state index in [-0.39, 0.29) is 12.1 Å². The van der Waals surface area contributed by atoms with Crippen LogP contribution in [-0.4, -0.2) is 81.0 Å². The predicted molar refractivity (Wildman–Crippen MR) is 94.2 cm³/mol. The maximum atomic E-state index is 12.3. The van der Waals surface area contributed by atoms with Crippen molar-refractivity contribution in [2.24, 2.45) is 0 Å². The smallest absolute Gasteiger partial charge is 0.317 e. The van der Waals surface area contributed by atoms with Crippen LogP contribution < -0.4 is 14.8 Å². The summed E-state index contributed by atoms with van der Waals surface area (Å²) in [7, 11) is 1.78. The molecule has 1 aromatic rings. The van der Waals surface area contributed by atoms with Gasteiger partial charge in [0.15, 0.2) is 17.6 Å². The lowest BCUT2D eigenvalue weighted by atomic mass is 10.2. The minimum absolute atomic E-state index is 0.0948. The van der Waals surface area contributed by atoms with E-state index >= 15 is 0 Å². The second-order valence-corrected chi connectivity index (χ2v) is 6.56. The molecule has 2 aliphatic rings. The molecule has 1 saturated heterocycles. The number of carbonyl (C=O) groups is 1. The van der Waals surface area contributed by atoms with E-state index in [0.29, 0.717) is 25.7 Å². The van der Waals surface area contributed by atoms with Crippen molar-refractivity contribution in [1.29, 1.82) is 0 Å². The first-order valence-electron chi connectivity index (χ1n) is 8.82. The van der Waals surface area contributed by atoms with Crippen molar-refractivity contribution in [3.63, 3.8) is 0 Å². The van der Waals surface area contributed by atoms with Crippen LogP contribution in [0.4, 0.5) is 4.79 Å². The standard InChI is InChI=1S/C18H27N3O4/c1-14(21-7-9-23-10-8-21)11-19-18(22)20(2)12-15-13-24-16-5-3-4-6-17(16)25-15/h3-6,14-15H,7-13H2,1-2H3,(H,19,22). The van der Waals surface area contributed by atoms with E-state index in [9.17, 15) is 4.79 Å². The molecule has 0 bridgehead atoms. The first-order chi connectivity index (χ1) is 12.1. The number of ether oxygens (including phenoxy) is 3. The number of morpholine rings is 1. The fourth-order valence-electron chi connectivity index (χ4n) is 3.06. The van der Waals surface area contributed by atoms with Crippen molar-refractivity contribution in [2.45, 2.75) is 19.1 Å². The number of nitrogens with one attached hydrogen (secondary N) is 1. The minimum atomic E-state index is -0.165. The number of amides is 2. The molecule has 1 fully saturated rings. The zero-order valence-electron chi connectivity index (χ0n) is 14.9. The van der Waals surface area contributed by atoms with Crippen LogP contribution in [0, 0.1) is 0 Å². The summed E-state index contributed by atoms with van der Waals surface area (Å²) in [6.07, 6.45) is -0.165. The molecule has 3 rings (SSSR count). The molecule has 0 saturated carbocycles. The van der Waals surface area contributed by atoms with Crippen molar-refractivity contribution >= 4 is 6.03 Å². The van der Waals surface area contributed by atoms with Gasteiger partial charge in [-0.05, 0) is 19.1 Å². The van der Waals surface area contributed by atoms with Gasteiger partial charge < -0.3 is 24.4 Å². The zero-order chi connectivity index (χ0) is 17.6. The van der Waals surface area contributed by atoms with Crippen LogP contribution >= 0.6 is 0 Å². The average Bonchev–Trinajstić information content (AvgIpc) is 2.66. The van der Waals surface area contributed by atoms with Gasteiger partial charge in [0.2, 0.25) is 0 Å². The van der Waals surface area contributed by atoms with E-state index in [1.807, 2.05) is 24.3 Å². The number of rotatable bonds is 5. The van der Waals surface area contributed by atoms with Crippen molar-refractivity contribution < 1.29 is 19.0 Å². The molecule has 25 heavy (non-hydrogen) atoms. The Kier molecular flexibility index (Phi) is 5.99. The summed E-state index contributed by atoms with van der Waals surface area (Å²) >= 11 is 0. The predicted octanol–water partition coefficient (Wildman–Crippen LogP) is 1.19. The van der Waals surface area contributed by atoms with Crippen LogP contribution in [0.15, 0.2) is 24.3 Å². The average molecular weight is 349 g/mol. The molecule has 1 N–H and O–H groups in total. The summed E-state index contributed by atoms with van der Waals surface area (Å²) in [5, 5.41) is 3.00. The van der Waals surface area contributed by atoms with E-state index in [2.05, 4.69) is 17.1 Å². The molecule has 0 radical (unpaired) electrons. The number of hydrogen-bond acceptors (Lipinski definition) is 5. The normalized spacial score (nSPS) is 21.4. The molecule has 7 heteroatoms. The Balaban J connectivity index is 1.42. The Labute approximate surface area is 148 Å². The molecule has 2 unspecified atom stereocenters.